The second-order valence-corrected chi connectivity index (χ2v) is 8.29. The van der Waals surface area contributed by atoms with Crippen LogP contribution in [0.2, 0.25) is 0 Å². The third-order valence-electron chi connectivity index (χ3n) is 6.32. The fourth-order valence-electron chi connectivity index (χ4n) is 4.70. The number of fused-ring (bicyclic) bond motifs is 4. The second-order valence-electron chi connectivity index (χ2n) is 8.29. The number of pyridine rings is 2. The predicted octanol–water partition coefficient (Wildman–Crippen LogP) is 7.15. The van der Waals surface area contributed by atoms with Crippen LogP contribution in [0.3, 0.4) is 0 Å². The first kappa shape index (κ1) is 19.2. The molecule has 0 atom stereocenters. The van der Waals surface area contributed by atoms with E-state index in [0.717, 1.165) is 55.2 Å². The van der Waals surface area contributed by atoms with Gasteiger partial charge in [-0.15, -0.1) is 0 Å². The summed E-state index contributed by atoms with van der Waals surface area (Å²) in [5, 5.41) is 4.16. The molecule has 0 N–H and O–H groups in total. The first-order valence-corrected chi connectivity index (χ1v) is 10.8. The van der Waals surface area contributed by atoms with Gasteiger partial charge in [0.15, 0.2) is 11.9 Å². The average Bonchev–Trinajstić information content (AvgIpc) is 3.22. The third kappa shape index (κ3) is 2.90. The summed E-state index contributed by atoms with van der Waals surface area (Å²) < 4.78 is 8.77. The average molecular weight is 426 g/mol. The molecule has 0 radical (unpaired) electrons. The Morgan fingerprint density at radius 3 is 2.58 bits per heavy atom. The van der Waals surface area contributed by atoms with Crippen molar-refractivity contribution in [2.45, 2.75) is 6.92 Å². The standard InChI is InChI=1S/C29H20N3O/c1-18-10-12-23-22-7-6-8-24(27-21-13-11-20(30-2)17-19(21)14-15-31-27)28(22)33-29(23)26(18)25-9-4-5-16-32(25)3/h4-17H,1,3H3/q+1. The lowest BCUT2D eigenvalue weighted by atomic mass is 9.99. The number of hydrogen-bond donors (Lipinski definition) is 0. The van der Waals surface area contributed by atoms with Gasteiger partial charge in [-0.05, 0) is 42.1 Å². The number of furan rings is 1. The van der Waals surface area contributed by atoms with Crippen LogP contribution in [-0.2, 0) is 7.05 Å². The smallest absolute Gasteiger partial charge is 0.216 e. The third-order valence-corrected chi connectivity index (χ3v) is 6.32. The Morgan fingerprint density at radius 1 is 0.879 bits per heavy atom. The zero-order valence-electron chi connectivity index (χ0n) is 18.3. The molecule has 0 aliphatic rings. The van der Waals surface area contributed by atoms with Gasteiger partial charge in [0.05, 0.1) is 17.8 Å². The molecule has 0 spiro atoms. The summed E-state index contributed by atoms with van der Waals surface area (Å²) in [6.45, 7) is 9.44. The Labute approximate surface area is 191 Å². The quantitative estimate of drug-likeness (QED) is 0.218. The van der Waals surface area contributed by atoms with Gasteiger partial charge in [0.1, 0.15) is 18.2 Å². The predicted molar refractivity (Wildman–Crippen MR) is 132 cm³/mol. The van der Waals surface area contributed by atoms with Crippen LogP contribution in [0.5, 0.6) is 0 Å². The van der Waals surface area contributed by atoms with Crippen molar-refractivity contribution in [3.05, 3.63) is 102 Å². The lowest BCUT2D eigenvalue weighted by Crippen LogP contribution is -2.30. The van der Waals surface area contributed by atoms with E-state index in [4.69, 9.17) is 16.0 Å². The number of para-hydroxylation sites is 1. The van der Waals surface area contributed by atoms with Crippen LogP contribution >= 0.6 is 0 Å². The summed E-state index contributed by atoms with van der Waals surface area (Å²) in [5.41, 5.74) is 7.52. The number of nitrogens with zero attached hydrogens (tertiary/aromatic N) is 3. The lowest BCUT2D eigenvalue weighted by molar-refractivity contribution is -0.660. The number of rotatable bonds is 2. The summed E-state index contributed by atoms with van der Waals surface area (Å²) in [6.07, 6.45) is 3.85. The summed E-state index contributed by atoms with van der Waals surface area (Å²) in [6, 6.07) is 24.4. The summed E-state index contributed by atoms with van der Waals surface area (Å²) in [7, 11) is 2.05. The van der Waals surface area contributed by atoms with Crippen LogP contribution in [0, 0.1) is 13.5 Å². The second kappa shape index (κ2) is 7.29. The lowest BCUT2D eigenvalue weighted by Gasteiger charge is -2.07. The van der Waals surface area contributed by atoms with Gasteiger partial charge >= 0.3 is 0 Å². The van der Waals surface area contributed by atoms with E-state index in [0.29, 0.717) is 5.69 Å². The van der Waals surface area contributed by atoms with Crippen LogP contribution < -0.4 is 4.57 Å². The van der Waals surface area contributed by atoms with Crippen LogP contribution in [0.25, 0.3) is 60.1 Å². The molecule has 0 saturated heterocycles. The zero-order valence-corrected chi connectivity index (χ0v) is 18.3. The molecule has 33 heavy (non-hydrogen) atoms. The maximum Gasteiger partial charge on any atom is 0.216 e. The van der Waals surface area contributed by atoms with Crippen LogP contribution in [0.1, 0.15) is 5.56 Å². The van der Waals surface area contributed by atoms with Gasteiger partial charge in [0.25, 0.3) is 0 Å². The Kier molecular flexibility index (Phi) is 4.24. The molecule has 0 aliphatic carbocycles. The Hall–Kier alpha value is -4.49. The number of aryl methyl sites for hydroxylation is 2. The molecule has 0 saturated carbocycles. The van der Waals surface area contributed by atoms with Crippen molar-refractivity contribution in [2.75, 3.05) is 0 Å². The van der Waals surface area contributed by atoms with E-state index in [1.54, 1.807) is 6.20 Å². The van der Waals surface area contributed by atoms with Gasteiger partial charge in [-0.25, -0.2) is 9.41 Å². The van der Waals surface area contributed by atoms with Crippen molar-refractivity contribution in [2.24, 2.45) is 7.05 Å². The molecule has 0 bridgehead atoms. The molecule has 0 amide bonds. The van der Waals surface area contributed by atoms with Gasteiger partial charge in [-0.1, -0.05) is 36.4 Å². The Morgan fingerprint density at radius 2 is 1.73 bits per heavy atom. The van der Waals surface area contributed by atoms with E-state index >= 15 is 0 Å². The van der Waals surface area contributed by atoms with Crippen molar-refractivity contribution in [1.29, 1.82) is 0 Å². The zero-order chi connectivity index (χ0) is 22.5. The summed E-state index contributed by atoms with van der Waals surface area (Å²) in [5.74, 6) is 0. The molecule has 3 aromatic carbocycles. The van der Waals surface area contributed by atoms with E-state index in [1.165, 1.54) is 5.56 Å². The number of hydrogen-bond acceptors (Lipinski definition) is 2. The normalized spacial score (nSPS) is 11.3. The first-order valence-electron chi connectivity index (χ1n) is 10.8. The fraction of sp³-hybridized carbons (Fsp3) is 0.0690. The van der Waals surface area contributed by atoms with Gasteiger partial charge in [-0.2, -0.15) is 0 Å². The largest absolute Gasteiger partial charge is 0.454 e. The molecule has 3 aromatic heterocycles. The van der Waals surface area contributed by atoms with Crippen molar-refractivity contribution in [3.63, 3.8) is 0 Å². The molecule has 3 heterocycles. The molecule has 156 valence electrons. The number of aromatic nitrogens is 2. The monoisotopic (exact) mass is 426 g/mol. The van der Waals surface area contributed by atoms with Gasteiger partial charge in [-0.3, -0.25) is 4.98 Å². The summed E-state index contributed by atoms with van der Waals surface area (Å²) >= 11 is 0. The highest BCUT2D eigenvalue weighted by Gasteiger charge is 2.22. The van der Waals surface area contributed by atoms with E-state index in [1.807, 2.05) is 30.3 Å². The van der Waals surface area contributed by atoms with Crippen LogP contribution in [-0.4, -0.2) is 4.98 Å². The molecule has 4 heteroatoms. The van der Waals surface area contributed by atoms with Gasteiger partial charge in [0, 0.05) is 40.1 Å². The van der Waals surface area contributed by atoms with E-state index in [-0.39, 0.29) is 0 Å². The SMILES string of the molecule is [C-]#[N+]c1ccc2c(-c3cccc4c3oc3c(-c5cccc[n+]5C)c(C)ccc34)nccc2c1. The molecule has 0 fully saturated rings. The van der Waals surface area contributed by atoms with Gasteiger partial charge < -0.3 is 4.42 Å². The molecule has 0 unspecified atom stereocenters. The maximum absolute atomic E-state index is 7.32. The van der Waals surface area contributed by atoms with Crippen molar-refractivity contribution in [3.8, 4) is 22.5 Å². The summed E-state index contributed by atoms with van der Waals surface area (Å²) in [4.78, 5) is 8.29. The van der Waals surface area contributed by atoms with Gasteiger partial charge in [0.2, 0.25) is 5.69 Å². The molecular weight excluding hydrogens is 406 g/mol. The Balaban J connectivity index is 1.69. The Bertz CT molecular complexity index is 1760. The van der Waals surface area contributed by atoms with Crippen molar-refractivity contribution >= 4 is 38.4 Å². The minimum Gasteiger partial charge on any atom is -0.454 e. The van der Waals surface area contributed by atoms with Crippen LogP contribution in [0.15, 0.2) is 89.6 Å². The maximum atomic E-state index is 7.32. The topological polar surface area (TPSA) is 34.3 Å². The molecule has 0 aliphatic heterocycles. The highest BCUT2D eigenvalue weighted by atomic mass is 16.3. The minimum absolute atomic E-state index is 0.623. The molecular formula is C29H20N3O+. The minimum atomic E-state index is 0.623. The molecule has 6 rings (SSSR count). The highest BCUT2D eigenvalue weighted by Crippen LogP contribution is 2.41. The fourth-order valence-corrected chi connectivity index (χ4v) is 4.70. The molecule has 4 nitrogen and oxygen atoms in total. The first-order chi connectivity index (χ1) is 16.2. The van der Waals surface area contributed by atoms with E-state index < -0.39 is 0 Å². The van der Waals surface area contributed by atoms with Crippen molar-refractivity contribution in [1.82, 2.24) is 4.98 Å². The van der Waals surface area contributed by atoms with Crippen molar-refractivity contribution < 1.29 is 8.98 Å². The van der Waals surface area contributed by atoms with E-state index in [2.05, 4.69) is 72.0 Å². The molecule has 6 aromatic rings. The highest BCUT2D eigenvalue weighted by molar-refractivity contribution is 6.14. The van der Waals surface area contributed by atoms with E-state index in [9.17, 15) is 0 Å². The number of benzene rings is 3. The van der Waals surface area contributed by atoms with Crippen LogP contribution in [0.4, 0.5) is 5.69 Å².